The van der Waals surface area contributed by atoms with Crippen LogP contribution in [0.1, 0.15) is 13.8 Å². The topological polar surface area (TPSA) is 55.2 Å². The van der Waals surface area contributed by atoms with Gasteiger partial charge in [-0.1, -0.05) is 6.92 Å². The molecule has 5 heteroatoms. The maximum atomic E-state index is 8.87. The Hall–Kier alpha value is -0.810. The van der Waals surface area contributed by atoms with E-state index in [1.807, 2.05) is 13.8 Å². The molecule has 0 aromatic carbocycles. The summed E-state index contributed by atoms with van der Waals surface area (Å²) in [5, 5.41) is 9.84. The van der Waals surface area contributed by atoms with Gasteiger partial charge in [-0.3, -0.25) is 0 Å². The average Bonchev–Trinajstić information content (AvgIpc) is 2.19. The fourth-order valence-corrected chi connectivity index (χ4v) is 1.62. The van der Waals surface area contributed by atoms with E-state index in [2.05, 4.69) is 9.97 Å². The predicted octanol–water partition coefficient (Wildman–Crippen LogP) is 1.35. The lowest BCUT2D eigenvalue weighted by molar-refractivity contribution is 0.300. The molecule has 0 saturated heterocycles. The fourth-order valence-electron chi connectivity index (χ4n) is 0.858. The molecule has 1 rings (SSSR count). The van der Waals surface area contributed by atoms with E-state index in [1.165, 1.54) is 18.1 Å². The number of aromatic nitrogens is 2. The van der Waals surface area contributed by atoms with E-state index in [-0.39, 0.29) is 11.9 Å². The van der Waals surface area contributed by atoms with Crippen LogP contribution in [0.4, 0.5) is 0 Å². The summed E-state index contributed by atoms with van der Waals surface area (Å²) in [6, 6.07) is 1.78. The minimum atomic E-state index is 0.138. The number of hydrogen-bond donors (Lipinski definition) is 1. The van der Waals surface area contributed by atoms with Crippen molar-refractivity contribution in [2.24, 2.45) is 0 Å². The SMILES string of the molecule is CCOc1cc(SC(C)CO)ncn1. The summed E-state index contributed by atoms with van der Waals surface area (Å²) in [6.07, 6.45) is 1.47. The second-order valence-corrected chi connectivity index (χ2v) is 4.20. The zero-order valence-corrected chi connectivity index (χ0v) is 9.12. The minimum absolute atomic E-state index is 0.138. The number of rotatable bonds is 5. The summed E-state index contributed by atoms with van der Waals surface area (Å²) >= 11 is 1.50. The first-order chi connectivity index (χ1) is 6.76. The van der Waals surface area contributed by atoms with Gasteiger partial charge in [-0.2, -0.15) is 0 Å². The third-order valence-corrected chi connectivity index (χ3v) is 2.50. The molecule has 0 radical (unpaired) electrons. The molecule has 0 fully saturated rings. The van der Waals surface area contributed by atoms with Gasteiger partial charge in [-0.15, -0.1) is 11.8 Å². The Balaban J connectivity index is 2.63. The monoisotopic (exact) mass is 214 g/mol. The number of ether oxygens (including phenoxy) is 1. The Morgan fingerprint density at radius 2 is 2.36 bits per heavy atom. The number of aliphatic hydroxyl groups is 1. The molecule has 0 saturated carbocycles. The first-order valence-electron chi connectivity index (χ1n) is 4.48. The van der Waals surface area contributed by atoms with Crippen molar-refractivity contribution in [1.82, 2.24) is 9.97 Å². The molecule has 14 heavy (non-hydrogen) atoms. The van der Waals surface area contributed by atoms with Crippen LogP contribution in [0.15, 0.2) is 17.4 Å². The van der Waals surface area contributed by atoms with Crippen LogP contribution in [0.3, 0.4) is 0 Å². The number of hydrogen-bond acceptors (Lipinski definition) is 5. The summed E-state index contributed by atoms with van der Waals surface area (Å²) in [5.74, 6) is 0.579. The predicted molar refractivity (Wildman–Crippen MR) is 55.6 cm³/mol. The molecule has 0 amide bonds. The second-order valence-electron chi connectivity index (χ2n) is 2.74. The molecular formula is C9H14N2O2S. The Kier molecular flexibility index (Phi) is 4.69. The van der Waals surface area contributed by atoms with E-state index in [1.54, 1.807) is 6.07 Å². The molecule has 0 spiro atoms. The van der Waals surface area contributed by atoms with Gasteiger partial charge in [0.1, 0.15) is 11.4 Å². The number of nitrogens with zero attached hydrogens (tertiary/aromatic N) is 2. The van der Waals surface area contributed by atoms with Crippen LogP contribution >= 0.6 is 11.8 Å². The summed E-state index contributed by atoms with van der Waals surface area (Å²) < 4.78 is 5.23. The Morgan fingerprint density at radius 1 is 1.57 bits per heavy atom. The largest absolute Gasteiger partial charge is 0.478 e. The highest BCUT2D eigenvalue weighted by molar-refractivity contribution is 7.99. The second kappa shape index (κ2) is 5.82. The zero-order chi connectivity index (χ0) is 10.4. The van der Waals surface area contributed by atoms with Crippen molar-refractivity contribution >= 4 is 11.8 Å². The molecule has 1 heterocycles. The van der Waals surface area contributed by atoms with E-state index in [4.69, 9.17) is 9.84 Å². The van der Waals surface area contributed by atoms with Crippen LogP contribution in [-0.4, -0.2) is 33.5 Å². The quantitative estimate of drug-likeness (QED) is 0.592. The number of thioether (sulfide) groups is 1. The molecule has 1 atom stereocenters. The molecular weight excluding hydrogens is 200 g/mol. The molecule has 0 aliphatic heterocycles. The van der Waals surface area contributed by atoms with Crippen molar-refractivity contribution in [2.45, 2.75) is 24.1 Å². The Bertz CT molecular complexity index is 283. The Labute approximate surface area is 87.7 Å². The third-order valence-electron chi connectivity index (χ3n) is 1.49. The van der Waals surface area contributed by atoms with E-state index in [0.29, 0.717) is 12.5 Å². The van der Waals surface area contributed by atoms with Gasteiger partial charge in [0.2, 0.25) is 5.88 Å². The molecule has 0 aliphatic carbocycles. The zero-order valence-electron chi connectivity index (χ0n) is 8.30. The maximum absolute atomic E-state index is 8.87. The van der Waals surface area contributed by atoms with Gasteiger partial charge in [0.15, 0.2) is 0 Å². The van der Waals surface area contributed by atoms with Crippen LogP contribution in [0, 0.1) is 0 Å². The highest BCUT2D eigenvalue weighted by Crippen LogP contribution is 2.22. The first kappa shape index (κ1) is 11.3. The van der Waals surface area contributed by atoms with Crippen LogP contribution in [0.25, 0.3) is 0 Å². The lowest BCUT2D eigenvalue weighted by Gasteiger charge is -2.07. The van der Waals surface area contributed by atoms with Gasteiger partial charge >= 0.3 is 0 Å². The molecule has 0 bridgehead atoms. The summed E-state index contributed by atoms with van der Waals surface area (Å²) in [6.45, 7) is 4.58. The van der Waals surface area contributed by atoms with Crippen molar-refractivity contribution < 1.29 is 9.84 Å². The van der Waals surface area contributed by atoms with Crippen LogP contribution in [0.5, 0.6) is 5.88 Å². The van der Waals surface area contributed by atoms with Crippen LogP contribution in [0.2, 0.25) is 0 Å². The molecule has 1 aromatic rings. The lowest BCUT2D eigenvalue weighted by Crippen LogP contribution is -2.03. The van der Waals surface area contributed by atoms with Gasteiger partial charge in [0, 0.05) is 11.3 Å². The van der Waals surface area contributed by atoms with Crippen molar-refractivity contribution in [3.8, 4) is 5.88 Å². The number of aliphatic hydroxyl groups excluding tert-OH is 1. The van der Waals surface area contributed by atoms with Crippen molar-refractivity contribution in [3.05, 3.63) is 12.4 Å². The van der Waals surface area contributed by atoms with E-state index >= 15 is 0 Å². The highest BCUT2D eigenvalue weighted by atomic mass is 32.2. The summed E-state index contributed by atoms with van der Waals surface area (Å²) in [4.78, 5) is 8.02. The smallest absolute Gasteiger partial charge is 0.217 e. The van der Waals surface area contributed by atoms with Crippen LogP contribution in [-0.2, 0) is 0 Å². The molecule has 1 aromatic heterocycles. The molecule has 1 unspecified atom stereocenters. The van der Waals surface area contributed by atoms with Crippen LogP contribution < -0.4 is 4.74 Å². The third kappa shape index (κ3) is 3.51. The van der Waals surface area contributed by atoms with Gasteiger partial charge in [-0.25, -0.2) is 9.97 Å². The Morgan fingerprint density at radius 3 is 3.00 bits per heavy atom. The molecule has 0 aliphatic rings. The standard InChI is InChI=1S/C9H14N2O2S/c1-3-13-8-4-9(11-6-10-8)14-7(2)5-12/h4,6-7,12H,3,5H2,1-2H3. The maximum Gasteiger partial charge on any atom is 0.217 e. The van der Waals surface area contributed by atoms with Gasteiger partial charge < -0.3 is 9.84 Å². The summed E-state index contributed by atoms with van der Waals surface area (Å²) in [5.41, 5.74) is 0. The normalized spacial score (nSPS) is 12.5. The first-order valence-corrected chi connectivity index (χ1v) is 5.36. The van der Waals surface area contributed by atoms with E-state index in [0.717, 1.165) is 5.03 Å². The minimum Gasteiger partial charge on any atom is -0.478 e. The summed E-state index contributed by atoms with van der Waals surface area (Å²) in [7, 11) is 0. The molecule has 1 N–H and O–H groups in total. The van der Waals surface area contributed by atoms with Gasteiger partial charge in [-0.05, 0) is 6.92 Å². The van der Waals surface area contributed by atoms with Crippen molar-refractivity contribution in [3.63, 3.8) is 0 Å². The van der Waals surface area contributed by atoms with E-state index in [9.17, 15) is 0 Å². The fraction of sp³-hybridized carbons (Fsp3) is 0.556. The van der Waals surface area contributed by atoms with Crippen molar-refractivity contribution in [1.29, 1.82) is 0 Å². The molecule has 78 valence electrons. The van der Waals surface area contributed by atoms with E-state index < -0.39 is 0 Å². The van der Waals surface area contributed by atoms with Gasteiger partial charge in [0.25, 0.3) is 0 Å². The van der Waals surface area contributed by atoms with Gasteiger partial charge in [0.05, 0.1) is 13.2 Å². The highest BCUT2D eigenvalue weighted by Gasteiger charge is 2.05. The molecule has 4 nitrogen and oxygen atoms in total. The average molecular weight is 214 g/mol. The lowest BCUT2D eigenvalue weighted by atomic mass is 10.5. The van der Waals surface area contributed by atoms with Crippen molar-refractivity contribution in [2.75, 3.05) is 13.2 Å².